The normalized spacial score (nSPS) is 11.9. The lowest BCUT2D eigenvalue weighted by Crippen LogP contribution is -2.37. The van der Waals surface area contributed by atoms with E-state index in [0.29, 0.717) is 21.6 Å². The third-order valence-corrected chi connectivity index (χ3v) is 5.56. The number of hydrogen-bond donors (Lipinski definition) is 0. The Kier molecular flexibility index (Phi) is 4.90. The van der Waals surface area contributed by atoms with Crippen molar-refractivity contribution < 1.29 is 13.2 Å². The molecule has 0 aliphatic rings. The van der Waals surface area contributed by atoms with Gasteiger partial charge in [0.2, 0.25) is 0 Å². The number of nitrogens with zero attached hydrogens (tertiary/aromatic N) is 3. The Morgan fingerprint density at radius 3 is 2.30 bits per heavy atom. The zero-order chi connectivity index (χ0) is 19.9. The molecule has 0 radical (unpaired) electrons. The van der Waals surface area contributed by atoms with E-state index >= 15 is 0 Å². The maximum atomic E-state index is 12.7. The summed E-state index contributed by atoms with van der Waals surface area (Å²) < 4.78 is 40.3. The van der Waals surface area contributed by atoms with Crippen LogP contribution in [0.15, 0.2) is 44.9 Å². The third-order valence-electron chi connectivity index (χ3n) is 4.26. The Morgan fingerprint density at radius 2 is 1.70 bits per heavy atom. The molecule has 1 aromatic carbocycles. The monoisotopic (exact) mass is 395 g/mol. The summed E-state index contributed by atoms with van der Waals surface area (Å²) in [6.07, 6.45) is -2.79. The second-order valence-corrected chi connectivity index (χ2v) is 7.14. The molecular formula is C18H16F3N3O2S. The molecule has 0 atom stereocenters. The van der Waals surface area contributed by atoms with E-state index in [1.54, 1.807) is 13.1 Å². The summed E-state index contributed by atoms with van der Waals surface area (Å²) >= 11 is 1.33. The van der Waals surface area contributed by atoms with Gasteiger partial charge in [0.15, 0.2) is 0 Å². The molecule has 2 aromatic heterocycles. The summed E-state index contributed by atoms with van der Waals surface area (Å²) in [7, 11) is 2.94. The fourth-order valence-corrected chi connectivity index (χ4v) is 3.84. The number of rotatable bonds is 3. The van der Waals surface area contributed by atoms with Crippen molar-refractivity contribution in [1.29, 1.82) is 0 Å². The molecule has 0 unspecified atom stereocenters. The van der Waals surface area contributed by atoms with Crippen LogP contribution >= 0.6 is 11.8 Å². The number of aromatic nitrogens is 3. The molecule has 0 bridgehead atoms. The van der Waals surface area contributed by atoms with E-state index in [1.807, 2.05) is 0 Å². The number of halogens is 3. The van der Waals surface area contributed by atoms with Crippen LogP contribution in [0.25, 0.3) is 11.0 Å². The average Bonchev–Trinajstić information content (AvgIpc) is 2.63. The topological polar surface area (TPSA) is 56.9 Å². The van der Waals surface area contributed by atoms with Crippen LogP contribution in [0, 0.1) is 6.92 Å². The lowest BCUT2D eigenvalue weighted by Gasteiger charge is -2.13. The predicted octanol–water partition coefficient (Wildman–Crippen LogP) is 3.25. The molecule has 0 amide bonds. The van der Waals surface area contributed by atoms with E-state index in [2.05, 4.69) is 4.98 Å². The first-order chi connectivity index (χ1) is 12.6. The SMILES string of the molecule is Cc1cnc2c(c1SCc1ccc(C(F)(F)F)cc1)c(=O)n(C)c(=O)n2C. The van der Waals surface area contributed by atoms with Gasteiger partial charge < -0.3 is 0 Å². The van der Waals surface area contributed by atoms with E-state index in [9.17, 15) is 22.8 Å². The average molecular weight is 395 g/mol. The van der Waals surface area contributed by atoms with Gasteiger partial charge in [0.25, 0.3) is 5.56 Å². The van der Waals surface area contributed by atoms with Gasteiger partial charge in [-0.05, 0) is 30.2 Å². The Balaban J connectivity index is 2.01. The standard InChI is InChI=1S/C18H16F3N3O2S/c1-10-8-22-15-13(16(25)24(3)17(26)23(15)2)14(10)27-9-11-4-6-12(7-5-11)18(19,20)21/h4-8H,9H2,1-3H3. The molecule has 0 saturated carbocycles. The molecule has 0 aliphatic carbocycles. The fraction of sp³-hybridized carbons (Fsp3) is 0.278. The summed E-state index contributed by atoms with van der Waals surface area (Å²) in [6, 6.07) is 4.91. The van der Waals surface area contributed by atoms with Crippen molar-refractivity contribution in [2.24, 2.45) is 14.1 Å². The molecule has 27 heavy (non-hydrogen) atoms. The van der Waals surface area contributed by atoms with E-state index in [0.717, 1.165) is 22.3 Å². The van der Waals surface area contributed by atoms with Gasteiger partial charge in [0, 0.05) is 30.9 Å². The van der Waals surface area contributed by atoms with Gasteiger partial charge >= 0.3 is 11.9 Å². The Labute approximate surface area is 156 Å². The smallest absolute Gasteiger partial charge is 0.280 e. The first kappa shape index (κ1) is 19.2. The maximum Gasteiger partial charge on any atom is 0.416 e. The minimum atomic E-state index is -4.37. The van der Waals surface area contributed by atoms with Gasteiger partial charge in [-0.1, -0.05) is 12.1 Å². The summed E-state index contributed by atoms with van der Waals surface area (Å²) in [4.78, 5) is 29.6. The van der Waals surface area contributed by atoms with E-state index in [4.69, 9.17) is 0 Å². The van der Waals surface area contributed by atoms with Crippen molar-refractivity contribution in [3.05, 3.63) is 68.0 Å². The second kappa shape index (κ2) is 6.88. The van der Waals surface area contributed by atoms with Gasteiger partial charge in [-0.15, -0.1) is 11.8 Å². The van der Waals surface area contributed by atoms with Crippen LogP contribution in [0.3, 0.4) is 0 Å². The number of aryl methyl sites for hydroxylation is 2. The molecule has 0 aliphatic heterocycles. The van der Waals surface area contributed by atoms with Crippen molar-refractivity contribution in [3.8, 4) is 0 Å². The largest absolute Gasteiger partial charge is 0.416 e. The van der Waals surface area contributed by atoms with Crippen LogP contribution in [0.2, 0.25) is 0 Å². The summed E-state index contributed by atoms with van der Waals surface area (Å²) in [6.45, 7) is 1.80. The molecule has 3 aromatic rings. The van der Waals surface area contributed by atoms with Crippen molar-refractivity contribution in [1.82, 2.24) is 14.1 Å². The highest BCUT2D eigenvalue weighted by Crippen LogP contribution is 2.32. The highest BCUT2D eigenvalue weighted by molar-refractivity contribution is 7.98. The maximum absolute atomic E-state index is 12.7. The minimum absolute atomic E-state index is 0.281. The lowest BCUT2D eigenvalue weighted by molar-refractivity contribution is -0.137. The number of thioether (sulfide) groups is 1. The van der Waals surface area contributed by atoms with Gasteiger partial charge in [0.1, 0.15) is 5.65 Å². The molecule has 0 fully saturated rings. The molecule has 142 valence electrons. The molecule has 0 spiro atoms. The lowest BCUT2D eigenvalue weighted by atomic mass is 10.1. The first-order valence-corrected chi connectivity index (χ1v) is 8.94. The van der Waals surface area contributed by atoms with Crippen LogP contribution in [0.1, 0.15) is 16.7 Å². The number of benzene rings is 1. The highest BCUT2D eigenvalue weighted by atomic mass is 32.2. The van der Waals surface area contributed by atoms with Crippen molar-refractivity contribution >= 4 is 22.8 Å². The molecular weight excluding hydrogens is 379 g/mol. The van der Waals surface area contributed by atoms with E-state index in [1.165, 1.54) is 42.6 Å². The second-order valence-electron chi connectivity index (χ2n) is 6.16. The van der Waals surface area contributed by atoms with Crippen molar-refractivity contribution in [2.75, 3.05) is 0 Å². The first-order valence-electron chi connectivity index (χ1n) is 7.95. The quantitative estimate of drug-likeness (QED) is 0.639. The van der Waals surface area contributed by atoms with Crippen LogP contribution in [-0.4, -0.2) is 14.1 Å². The Bertz CT molecular complexity index is 1130. The zero-order valence-electron chi connectivity index (χ0n) is 14.8. The van der Waals surface area contributed by atoms with Crippen molar-refractivity contribution in [2.45, 2.75) is 23.7 Å². The van der Waals surface area contributed by atoms with Crippen LogP contribution < -0.4 is 11.2 Å². The van der Waals surface area contributed by atoms with Crippen LogP contribution in [-0.2, 0) is 26.0 Å². The van der Waals surface area contributed by atoms with Crippen LogP contribution in [0.5, 0.6) is 0 Å². The molecule has 5 nitrogen and oxygen atoms in total. The Morgan fingerprint density at radius 1 is 1.07 bits per heavy atom. The zero-order valence-corrected chi connectivity index (χ0v) is 15.6. The fourth-order valence-electron chi connectivity index (χ4n) is 2.73. The molecule has 0 N–H and O–H groups in total. The summed E-state index contributed by atoms with van der Waals surface area (Å²) in [5.41, 5.74) is 0.116. The minimum Gasteiger partial charge on any atom is -0.280 e. The van der Waals surface area contributed by atoms with E-state index in [-0.39, 0.29) is 5.65 Å². The third kappa shape index (κ3) is 3.51. The molecule has 0 saturated heterocycles. The number of hydrogen-bond acceptors (Lipinski definition) is 4. The summed E-state index contributed by atoms with van der Waals surface area (Å²) in [5.74, 6) is 0.379. The molecule has 2 heterocycles. The van der Waals surface area contributed by atoms with Gasteiger partial charge in [-0.3, -0.25) is 13.9 Å². The molecule has 3 rings (SSSR count). The number of fused-ring (bicyclic) bond motifs is 1. The predicted molar refractivity (Wildman–Crippen MR) is 98.0 cm³/mol. The van der Waals surface area contributed by atoms with Crippen LogP contribution in [0.4, 0.5) is 13.2 Å². The number of alkyl halides is 3. The number of pyridine rings is 1. The molecule has 9 heteroatoms. The summed E-state index contributed by atoms with van der Waals surface area (Å²) in [5, 5.41) is 0.330. The van der Waals surface area contributed by atoms with E-state index < -0.39 is 23.0 Å². The van der Waals surface area contributed by atoms with Gasteiger partial charge in [-0.25, -0.2) is 9.78 Å². The van der Waals surface area contributed by atoms with Crippen molar-refractivity contribution in [3.63, 3.8) is 0 Å². The highest BCUT2D eigenvalue weighted by Gasteiger charge is 2.29. The Hall–Kier alpha value is -2.55. The van der Waals surface area contributed by atoms with Gasteiger partial charge in [-0.2, -0.15) is 13.2 Å². The van der Waals surface area contributed by atoms with Gasteiger partial charge in [0.05, 0.1) is 10.9 Å².